The second-order valence-electron chi connectivity index (χ2n) is 7.81. The molecule has 178 valence electrons. The number of nitriles is 1. The van der Waals surface area contributed by atoms with Crippen molar-refractivity contribution in [2.75, 3.05) is 0 Å². The van der Waals surface area contributed by atoms with E-state index in [-0.39, 0.29) is 22.9 Å². The van der Waals surface area contributed by atoms with Crippen molar-refractivity contribution in [1.82, 2.24) is 4.57 Å². The van der Waals surface area contributed by atoms with Gasteiger partial charge in [0.05, 0.1) is 11.3 Å². The van der Waals surface area contributed by atoms with Gasteiger partial charge in [0, 0.05) is 17.5 Å². The van der Waals surface area contributed by atoms with Crippen LogP contribution in [0.3, 0.4) is 0 Å². The predicted molar refractivity (Wildman–Crippen MR) is 117 cm³/mol. The van der Waals surface area contributed by atoms with Gasteiger partial charge in [-0.05, 0) is 54.8 Å². The highest BCUT2D eigenvalue weighted by Crippen LogP contribution is 2.37. The van der Waals surface area contributed by atoms with E-state index in [9.17, 15) is 35.6 Å². The van der Waals surface area contributed by atoms with Crippen LogP contribution < -0.4 is 0 Å². The number of benzene rings is 2. The molecule has 3 rings (SSSR count). The summed E-state index contributed by atoms with van der Waals surface area (Å²) >= 11 is 0. The van der Waals surface area contributed by atoms with Gasteiger partial charge in [-0.1, -0.05) is 26.0 Å². The van der Waals surface area contributed by atoms with Gasteiger partial charge in [0.15, 0.2) is 0 Å². The fourth-order valence-electron chi connectivity index (χ4n) is 3.57. The third-order valence-electron chi connectivity index (χ3n) is 5.23. The Morgan fingerprint density at radius 1 is 1.09 bits per heavy atom. The van der Waals surface area contributed by atoms with Crippen LogP contribution in [0.2, 0.25) is 0 Å². The van der Waals surface area contributed by atoms with Crippen LogP contribution in [0, 0.1) is 29.9 Å². The molecule has 3 aromatic rings. The number of allylic oxidation sites excluding steroid dienone is 1. The normalized spacial score (nSPS) is 12.8. The summed E-state index contributed by atoms with van der Waals surface area (Å²) < 4.78 is 95.5. The van der Waals surface area contributed by atoms with Gasteiger partial charge in [0.25, 0.3) is 0 Å². The van der Waals surface area contributed by atoms with Crippen molar-refractivity contribution in [2.45, 2.75) is 37.8 Å². The van der Waals surface area contributed by atoms with Gasteiger partial charge in [0.1, 0.15) is 27.5 Å². The molecule has 0 bridgehead atoms. The molecular formula is C24H19F5N2O2S. The second kappa shape index (κ2) is 9.06. The third-order valence-corrected chi connectivity index (χ3v) is 6.92. The van der Waals surface area contributed by atoms with Crippen molar-refractivity contribution in [1.29, 1.82) is 5.26 Å². The van der Waals surface area contributed by atoms with Crippen molar-refractivity contribution in [3.05, 3.63) is 87.6 Å². The third kappa shape index (κ3) is 4.61. The topological polar surface area (TPSA) is 62.9 Å². The summed E-state index contributed by atoms with van der Waals surface area (Å²) in [5.74, 6) is -2.62. The molecule has 0 aliphatic rings. The number of rotatable bonds is 5. The molecule has 0 aliphatic heterocycles. The number of halogens is 5. The molecule has 0 N–H and O–H groups in total. The number of sulfone groups is 1. The van der Waals surface area contributed by atoms with Gasteiger partial charge in [-0.2, -0.15) is 18.4 Å². The molecule has 0 spiro atoms. The summed E-state index contributed by atoms with van der Waals surface area (Å²) in [4.78, 5) is -1.72. The number of aromatic nitrogens is 1. The Morgan fingerprint density at radius 3 is 2.29 bits per heavy atom. The standard InChI is InChI=1S/C24H19F5N2O2S/c1-14(2)22-11-16(15(3)31(22)21-7-5-4-6-19(21)24(27,28)29)10-18(13-30)34(32,33)23-9-8-17(25)12-20(23)26/h4-12,14H,1-3H3/b18-10+. The second-order valence-corrected chi connectivity index (χ2v) is 9.70. The van der Waals surface area contributed by atoms with Crippen LogP contribution in [0.15, 0.2) is 58.3 Å². The Labute approximate surface area is 193 Å². The molecule has 0 saturated carbocycles. The van der Waals surface area contributed by atoms with Crippen LogP contribution >= 0.6 is 0 Å². The first kappa shape index (κ1) is 25.2. The monoisotopic (exact) mass is 494 g/mol. The molecule has 10 heteroatoms. The molecular weight excluding hydrogens is 475 g/mol. The molecule has 0 aliphatic carbocycles. The van der Waals surface area contributed by atoms with Gasteiger partial charge in [0.2, 0.25) is 9.84 Å². The molecule has 0 atom stereocenters. The van der Waals surface area contributed by atoms with Gasteiger partial charge in [-0.15, -0.1) is 0 Å². The van der Waals surface area contributed by atoms with Crippen LogP contribution in [0.25, 0.3) is 11.8 Å². The lowest BCUT2D eigenvalue weighted by atomic mass is 10.1. The lowest BCUT2D eigenvalue weighted by Gasteiger charge is -2.19. The van der Waals surface area contributed by atoms with Crippen molar-refractivity contribution in [2.24, 2.45) is 0 Å². The number of hydrogen-bond acceptors (Lipinski definition) is 3. The Bertz CT molecular complexity index is 1430. The maximum absolute atomic E-state index is 14.1. The van der Waals surface area contributed by atoms with Crippen LogP contribution in [0.5, 0.6) is 0 Å². The Morgan fingerprint density at radius 2 is 1.74 bits per heavy atom. The van der Waals surface area contributed by atoms with Crippen LogP contribution in [0.1, 0.15) is 42.3 Å². The minimum Gasteiger partial charge on any atom is -0.317 e. The van der Waals surface area contributed by atoms with Gasteiger partial charge in [-0.25, -0.2) is 17.2 Å². The number of para-hydroxylation sites is 1. The Kier molecular flexibility index (Phi) is 6.71. The van der Waals surface area contributed by atoms with Crippen molar-refractivity contribution in [3.8, 4) is 11.8 Å². The van der Waals surface area contributed by atoms with E-state index < -0.39 is 43.0 Å². The highest BCUT2D eigenvalue weighted by molar-refractivity contribution is 7.95. The summed E-state index contributed by atoms with van der Waals surface area (Å²) in [6.45, 7) is 5.00. The van der Waals surface area contributed by atoms with Crippen molar-refractivity contribution < 1.29 is 30.4 Å². The van der Waals surface area contributed by atoms with Gasteiger partial charge in [-0.3, -0.25) is 0 Å². The zero-order valence-electron chi connectivity index (χ0n) is 18.3. The smallest absolute Gasteiger partial charge is 0.317 e. The van der Waals surface area contributed by atoms with Crippen LogP contribution in [-0.4, -0.2) is 13.0 Å². The van der Waals surface area contributed by atoms with E-state index in [1.165, 1.54) is 41.8 Å². The summed E-state index contributed by atoms with van der Waals surface area (Å²) in [5.41, 5.74) is -0.163. The van der Waals surface area contributed by atoms with Crippen molar-refractivity contribution >= 4 is 15.9 Å². The number of hydrogen-bond donors (Lipinski definition) is 0. The quantitative estimate of drug-likeness (QED) is 0.230. The Hall–Kier alpha value is -3.45. The first-order valence-corrected chi connectivity index (χ1v) is 11.5. The number of nitrogens with zero attached hydrogens (tertiary/aromatic N) is 2. The van der Waals surface area contributed by atoms with E-state index in [4.69, 9.17) is 0 Å². The maximum atomic E-state index is 14.1. The fourth-order valence-corrected chi connectivity index (χ4v) is 4.77. The highest BCUT2D eigenvalue weighted by atomic mass is 32.2. The zero-order chi connectivity index (χ0) is 25.4. The van der Waals surface area contributed by atoms with E-state index in [1.54, 1.807) is 13.8 Å². The lowest BCUT2D eigenvalue weighted by Crippen LogP contribution is -2.13. The van der Waals surface area contributed by atoms with Gasteiger partial charge < -0.3 is 4.57 Å². The molecule has 0 amide bonds. The molecule has 0 radical (unpaired) electrons. The minimum absolute atomic E-state index is 0.151. The zero-order valence-corrected chi connectivity index (χ0v) is 19.1. The molecule has 0 unspecified atom stereocenters. The summed E-state index contributed by atoms with van der Waals surface area (Å²) in [5, 5.41) is 9.52. The fraction of sp³-hybridized carbons (Fsp3) is 0.208. The first-order valence-electron chi connectivity index (χ1n) is 9.99. The summed E-state index contributed by atoms with van der Waals surface area (Å²) in [6.07, 6.45) is -3.66. The van der Waals surface area contributed by atoms with E-state index in [2.05, 4.69) is 0 Å². The molecule has 2 aromatic carbocycles. The minimum atomic E-state index is -4.66. The molecule has 4 nitrogen and oxygen atoms in total. The maximum Gasteiger partial charge on any atom is 0.418 e. The van der Waals surface area contributed by atoms with Gasteiger partial charge >= 0.3 is 6.18 Å². The molecule has 0 fully saturated rings. The number of alkyl halides is 3. The van der Waals surface area contributed by atoms with Crippen LogP contribution in [0.4, 0.5) is 22.0 Å². The lowest BCUT2D eigenvalue weighted by molar-refractivity contribution is -0.137. The first-order chi connectivity index (χ1) is 15.8. The largest absolute Gasteiger partial charge is 0.418 e. The van der Waals surface area contributed by atoms with E-state index in [0.29, 0.717) is 17.8 Å². The summed E-state index contributed by atoms with van der Waals surface area (Å²) in [7, 11) is -4.66. The molecule has 0 saturated heterocycles. The SMILES string of the molecule is Cc1c(/C=C(\C#N)S(=O)(=O)c2ccc(F)cc2F)cc(C(C)C)n1-c1ccccc1C(F)(F)F. The van der Waals surface area contributed by atoms with Crippen LogP contribution in [-0.2, 0) is 16.0 Å². The van der Waals surface area contributed by atoms with Crippen molar-refractivity contribution in [3.63, 3.8) is 0 Å². The average Bonchev–Trinajstić information content (AvgIpc) is 3.07. The molecule has 34 heavy (non-hydrogen) atoms. The average molecular weight is 494 g/mol. The van der Waals surface area contributed by atoms with E-state index in [0.717, 1.165) is 18.2 Å². The molecule has 1 heterocycles. The molecule has 1 aromatic heterocycles. The highest BCUT2D eigenvalue weighted by Gasteiger charge is 2.35. The predicted octanol–water partition coefficient (Wildman–Crippen LogP) is 6.54. The Balaban J connectivity index is 2.26. The van der Waals surface area contributed by atoms with E-state index >= 15 is 0 Å². The summed E-state index contributed by atoms with van der Waals surface area (Å²) in [6, 6.07) is 9.80. The van der Waals surface area contributed by atoms with E-state index in [1.807, 2.05) is 0 Å².